The number of amides is 1. The zero-order valence-electron chi connectivity index (χ0n) is 13.6. The van der Waals surface area contributed by atoms with Crippen LogP contribution >= 0.6 is 0 Å². The standard InChI is InChI=1S/C15H27N5O/c1-5-6-11-12(16)13(18-17-11)14(21)19-7-9-20(10-8-19)15(2,3)4/h5-10,16H2,1-4H3,(H,17,18). The van der Waals surface area contributed by atoms with E-state index < -0.39 is 0 Å². The monoisotopic (exact) mass is 293 g/mol. The molecule has 1 fully saturated rings. The van der Waals surface area contributed by atoms with E-state index in [2.05, 4.69) is 42.8 Å². The molecule has 118 valence electrons. The molecule has 1 saturated heterocycles. The molecule has 0 saturated carbocycles. The quantitative estimate of drug-likeness (QED) is 0.885. The summed E-state index contributed by atoms with van der Waals surface area (Å²) in [6.45, 7) is 11.9. The van der Waals surface area contributed by atoms with Crippen LogP contribution in [0.15, 0.2) is 0 Å². The maximum atomic E-state index is 12.5. The van der Waals surface area contributed by atoms with Gasteiger partial charge in [-0.25, -0.2) is 0 Å². The normalized spacial score (nSPS) is 17.2. The molecule has 21 heavy (non-hydrogen) atoms. The SMILES string of the molecule is CCCc1[nH]nc(C(=O)N2CCN(C(C)(C)C)CC2)c1N. The summed E-state index contributed by atoms with van der Waals surface area (Å²) in [4.78, 5) is 16.8. The number of H-pyrrole nitrogens is 1. The first-order valence-electron chi connectivity index (χ1n) is 7.71. The van der Waals surface area contributed by atoms with Crippen LogP contribution in [0.5, 0.6) is 0 Å². The van der Waals surface area contributed by atoms with Crippen LogP contribution in [-0.4, -0.2) is 57.6 Å². The molecule has 0 atom stereocenters. The molecule has 0 aliphatic carbocycles. The van der Waals surface area contributed by atoms with Crippen molar-refractivity contribution < 1.29 is 4.79 Å². The first-order chi connectivity index (χ1) is 9.84. The summed E-state index contributed by atoms with van der Waals surface area (Å²) in [5, 5.41) is 7.02. The van der Waals surface area contributed by atoms with Crippen molar-refractivity contribution in [1.29, 1.82) is 0 Å². The third-order valence-electron chi connectivity index (χ3n) is 4.10. The first-order valence-corrected chi connectivity index (χ1v) is 7.71. The van der Waals surface area contributed by atoms with Crippen molar-refractivity contribution in [1.82, 2.24) is 20.0 Å². The first kappa shape index (κ1) is 15.8. The lowest BCUT2D eigenvalue weighted by molar-refractivity contribution is 0.0447. The van der Waals surface area contributed by atoms with Crippen molar-refractivity contribution in [2.24, 2.45) is 0 Å². The molecule has 0 aromatic carbocycles. The summed E-state index contributed by atoms with van der Waals surface area (Å²) in [6.07, 6.45) is 1.80. The van der Waals surface area contributed by atoms with E-state index in [0.29, 0.717) is 11.4 Å². The topological polar surface area (TPSA) is 78.2 Å². The van der Waals surface area contributed by atoms with Crippen molar-refractivity contribution >= 4 is 11.6 Å². The summed E-state index contributed by atoms with van der Waals surface area (Å²) < 4.78 is 0. The molecule has 6 heteroatoms. The zero-order valence-corrected chi connectivity index (χ0v) is 13.6. The van der Waals surface area contributed by atoms with Gasteiger partial charge in [0.2, 0.25) is 0 Å². The number of nitrogen functional groups attached to an aromatic ring is 1. The highest BCUT2D eigenvalue weighted by Crippen LogP contribution is 2.20. The molecular weight excluding hydrogens is 266 g/mol. The van der Waals surface area contributed by atoms with Crippen molar-refractivity contribution in [3.63, 3.8) is 0 Å². The second-order valence-electron chi connectivity index (χ2n) is 6.66. The Balaban J connectivity index is 2.02. The van der Waals surface area contributed by atoms with Crippen molar-refractivity contribution in [2.45, 2.75) is 46.1 Å². The molecule has 1 aromatic rings. The smallest absolute Gasteiger partial charge is 0.276 e. The molecule has 0 bridgehead atoms. The minimum Gasteiger partial charge on any atom is -0.395 e. The van der Waals surface area contributed by atoms with E-state index in [1.54, 1.807) is 0 Å². The lowest BCUT2D eigenvalue weighted by atomic mass is 10.0. The van der Waals surface area contributed by atoms with E-state index in [-0.39, 0.29) is 11.4 Å². The van der Waals surface area contributed by atoms with Crippen LogP contribution in [0.4, 0.5) is 5.69 Å². The Bertz CT molecular complexity index is 495. The Morgan fingerprint density at radius 3 is 2.43 bits per heavy atom. The highest BCUT2D eigenvalue weighted by molar-refractivity contribution is 5.97. The average molecular weight is 293 g/mol. The van der Waals surface area contributed by atoms with Gasteiger partial charge >= 0.3 is 0 Å². The fourth-order valence-corrected chi connectivity index (χ4v) is 2.72. The van der Waals surface area contributed by atoms with Gasteiger partial charge in [0, 0.05) is 31.7 Å². The van der Waals surface area contributed by atoms with Crippen molar-refractivity contribution in [2.75, 3.05) is 31.9 Å². The average Bonchev–Trinajstić information content (AvgIpc) is 2.79. The van der Waals surface area contributed by atoms with Crippen molar-refractivity contribution in [3.05, 3.63) is 11.4 Å². The Hall–Kier alpha value is -1.56. The number of aryl methyl sites for hydroxylation is 1. The number of aromatic nitrogens is 2. The lowest BCUT2D eigenvalue weighted by Crippen LogP contribution is -2.54. The Morgan fingerprint density at radius 2 is 1.90 bits per heavy atom. The number of nitrogens with zero attached hydrogens (tertiary/aromatic N) is 3. The van der Waals surface area contributed by atoms with E-state index in [0.717, 1.165) is 44.7 Å². The van der Waals surface area contributed by atoms with Gasteiger partial charge < -0.3 is 10.6 Å². The number of aromatic amines is 1. The number of nitrogens with one attached hydrogen (secondary N) is 1. The van der Waals surface area contributed by atoms with Gasteiger partial charge in [-0.15, -0.1) is 0 Å². The van der Waals surface area contributed by atoms with Crippen LogP contribution in [0.3, 0.4) is 0 Å². The number of hydrogen-bond acceptors (Lipinski definition) is 4. The number of rotatable bonds is 3. The highest BCUT2D eigenvalue weighted by Gasteiger charge is 2.30. The fraction of sp³-hybridized carbons (Fsp3) is 0.733. The van der Waals surface area contributed by atoms with Crippen LogP contribution in [0.1, 0.15) is 50.3 Å². The van der Waals surface area contributed by atoms with E-state index >= 15 is 0 Å². The van der Waals surface area contributed by atoms with Crippen LogP contribution in [0.25, 0.3) is 0 Å². The van der Waals surface area contributed by atoms with E-state index in [9.17, 15) is 4.79 Å². The van der Waals surface area contributed by atoms with Crippen molar-refractivity contribution in [3.8, 4) is 0 Å². The molecule has 3 N–H and O–H groups in total. The Labute approximate surface area is 126 Å². The third kappa shape index (κ3) is 3.37. The molecule has 2 rings (SSSR count). The minimum atomic E-state index is -0.0559. The maximum absolute atomic E-state index is 12.5. The van der Waals surface area contributed by atoms with Gasteiger partial charge in [-0.05, 0) is 27.2 Å². The van der Waals surface area contributed by atoms with Crippen LogP contribution in [0.2, 0.25) is 0 Å². The lowest BCUT2D eigenvalue weighted by Gasteiger charge is -2.42. The Morgan fingerprint density at radius 1 is 1.29 bits per heavy atom. The number of piperazine rings is 1. The van der Waals surface area contributed by atoms with Gasteiger partial charge in [-0.3, -0.25) is 14.8 Å². The molecule has 6 nitrogen and oxygen atoms in total. The molecule has 1 aliphatic heterocycles. The fourth-order valence-electron chi connectivity index (χ4n) is 2.72. The van der Waals surface area contributed by atoms with Gasteiger partial charge in [0.05, 0.1) is 11.4 Å². The number of hydrogen-bond donors (Lipinski definition) is 2. The van der Waals surface area contributed by atoms with Gasteiger partial charge in [-0.1, -0.05) is 13.3 Å². The summed E-state index contributed by atoms with van der Waals surface area (Å²) in [7, 11) is 0. The number of nitrogens with two attached hydrogens (primary N) is 1. The summed E-state index contributed by atoms with van der Waals surface area (Å²) >= 11 is 0. The third-order valence-corrected chi connectivity index (χ3v) is 4.10. The maximum Gasteiger partial charge on any atom is 0.276 e. The molecule has 0 radical (unpaired) electrons. The zero-order chi connectivity index (χ0) is 15.6. The van der Waals surface area contributed by atoms with Gasteiger partial charge in [0.15, 0.2) is 5.69 Å². The molecule has 1 amide bonds. The molecule has 2 heterocycles. The minimum absolute atomic E-state index is 0.0559. The predicted octanol–water partition coefficient (Wildman–Crippen LogP) is 1.50. The van der Waals surface area contributed by atoms with E-state index in [1.165, 1.54) is 0 Å². The second kappa shape index (κ2) is 6.05. The number of carbonyl (C=O) groups is 1. The van der Waals surface area contributed by atoms with Gasteiger partial charge in [0.25, 0.3) is 5.91 Å². The number of anilines is 1. The summed E-state index contributed by atoms with van der Waals surface area (Å²) in [5.74, 6) is -0.0559. The summed E-state index contributed by atoms with van der Waals surface area (Å²) in [5.41, 5.74) is 7.95. The molecule has 0 spiro atoms. The number of carbonyl (C=O) groups excluding carboxylic acids is 1. The predicted molar refractivity (Wildman–Crippen MR) is 84.2 cm³/mol. The molecule has 1 aromatic heterocycles. The Kier molecular flexibility index (Phi) is 4.56. The van der Waals surface area contributed by atoms with Gasteiger partial charge in [0.1, 0.15) is 0 Å². The summed E-state index contributed by atoms with van der Waals surface area (Å²) in [6, 6.07) is 0. The second-order valence-corrected chi connectivity index (χ2v) is 6.66. The largest absolute Gasteiger partial charge is 0.395 e. The van der Waals surface area contributed by atoms with E-state index in [1.807, 2.05) is 4.90 Å². The van der Waals surface area contributed by atoms with Crippen LogP contribution in [-0.2, 0) is 6.42 Å². The van der Waals surface area contributed by atoms with Gasteiger partial charge in [-0.2, -0.15) is 5.10 Å². The molecule has 0 unspecified atom stereocenters. The van der Waals surface area contributed by atoms with Crippen LogP contribution < -0.4 is 5.73 Å². The molecular formula is C15H27N5O. The van der Waals surface area contributed by atoms with Crippen LogP contribution in [0, 0.1) is 0 Å². The molecule has 1 aliphatic rings. The highest BCUT2D eigenvalue weighted by atomic mass is 16.2. The van der Waals surface area contributed by atoms with E-state index in [4.69, 9.17) is 5.73 Å².